The van der Waals surface area contributed by atoms with Crippen molar-refractivity contribution in [3.63, 3.8) is 0 Å². The first-order chi connectivity index (χ1) is 6.29. The summed E-state index contributed by atoms with van der Waals surface area (Å²) in [5, 5.41) is 11.0. The maximum Gasteiger partial charge on any atom is 0.233 e. The van der Waals surface area contributed by atoms with Crippen LogP contribution < -0.4 is 5.32 Å². The molecule has 2 heterocycles. The highest BCUT2D eigenvalue weighted by atomic mass is 16.5. The van der Waals surface area contributed by atoms with Gasteiger partial charge in [-0.05, 0) is 6.42 Å². The van der Waals surface area contributed by atoms with Crippen LogP contribution in [0, 0.1) is 6.92 Å². The minimum atomic E-state index is 0.158. The molecule has 1 aliphatic heterocycles. The Morgan fingerprint density at radius 1 is 1.54 bits per heavy atom. The standard InChI is InChI=1S/C8H13N3O2/c1-5-10-11-8(13-5)7-3-6(12-2)4-9-7/h6-7,9H,3-4H2,1-2H3/t6-,7+/m0/s1. The fraction of sp³-hybridized carbons (Fsp3) is 0.750. The molecule has 1 aromatic heterocycles. The van der Waals surface area contributed by atoms with Crippen LogP contribution in [0.15, 0.2) is 4.42 Å². The third-order valence-electron chi connectivity index (χ3n) is 2.26. The molecule has 0 bridgehead atoms. The van der Waals surface area contributed by atoms with Crippen molar-refractivity contribution in [2.45, 2.75) is 25.5 Å². The molecule has 5 nitrogen and oxygen atoms in total. The van der Waals surface area contributed by atoms with Crippen molar-refractivity contribution in [3.05, 3.63) is 11.8 Å². The van der Waals surface area contributed by atoms with Gasteiger partial charge in [-0.2, -0.15) is 0 Å². The lowest BCUT2D eigenvalue weighted by molar-refractivity contribution is 0.116. The molecule has 0 radical (unpaired) electrons. The lowest BCUT2D eigenvalue weighted by Crippen LogP contribution is -2.16. The van der Waals surface area contributed by atoms with Crippen LogP contribution in [0.3, 0.4) is 0 Å². The molecule has 0 unspecified atom stereocenters. The van der Waals surface area contributed by atoms with Gasteiger partial charge in [0.1, 0.15) is 0 Å². The van der Waals surface area contributed by atoms with Crippen LogP contribution in [0.5, 0.6) is 0 Å². The van der Waals surface area contributed by atoms with Gasteiger partial charge in [-0.25, -0.2) is 0 Å². The van der Waals surface area contributed by atoms with E-state index in [4.69, 9.17) is 9.15 Å². The molecule has 2 rings (SSSR count). The lowest BCUT2D eigenvalue weighted by atomic mass is 10.2. The number of hydrogen-bond acceptors (Lipinski definition) is 5. The molecule has 0 amide bonds. The highest BCUT2D eigenvalue weighted by Gasteiger charge is 2.28. The maximum absolute atomic E-state index is 5.32. The summed E-state index contributed by atoms with van der Waals surface area (Å²) < 4.78 is 10.5. The Morgan fingerprint density at radius 3 is 2.92 bits per heavy atom. The molecular formula is C8H13N3O2. The van der Waals surface area contributed by atoms with E-state index in [1.165, 1.54) is 0 Å². The Balaban J connectivity index is 2.03. The molecule has 1 aliphatic rings. The van der Waals surface area contributed by atoms with Gasteiger partial charge in [0.25, 0.3) is 0 Å². The summed E-state index contributed by atoms with van der Waals surface area (Å²) in [6.07, 6.45) is 1.16. The lowest BCUT2D eigenvalue weighted by Gasteiger charge is -2.04. The monoisotopic (exact) mass is 183 g/mol. The second-order valence-corrected chi connectivity index (χ2v) is 3.21. The van der Waals surface area contributed by atoms with E-state index in [2.05, 4.69) is 15.5 Å². The minimum absolute atomic E-state index is 0.158. The molecule has 0 spiro atoms. The average molecular weight is 183 g/mol. The van der Waals surface area contributed by atoms with Crippen LogP contribution in [0.1, 0.15) is 24.2 Å². The Morgan fingerprint density at radius 2 is 2.38 bits per heavy atom. The zero-order chi connectivity index (χ0) is 9.26. The molecule has 0 saturated carbocycles. The zero-order valence-corrected chi connectivity index (χ0v) is 7.78. The molecule has 0 aliphatic carbocycles. The molecule has 2 atom stereocenters. The largest absolute Gasteiger partial charge is 0.424 e. The molecule has 1 aromatic rings. The molecular weight excluding hydrogens is 170 g/mol. The first-order valence-corrected chi connectivity index (χ1v) is 4.36. The molecule has 72 valence electrons. The normalized spacial score (nSPS) is 28.2. The molecule has 1 saturated heterocycles. The van der Waals surface area contributed by atoms with E-state index >= 15 is 0 Å². The number of aryl methyl sites for hydroxylation is 1. The first kappa shape index (κ1) is 8.65. The van der Waals surface area contributed by atoms with Crippen LogP contribution in [-0.2, 0) is 4.74 Å². The van der Waals surface area contributed by atoms with Crippen LogP contribution in [-0.4, -0.2) is 30.0 Å². The second-order valence-electron chi connectivity index (χ2n) is 3.21. The SMILES string of the molecule is CO[C@@H]1CN[C@@H](c2nnc(C)o2)C1. The van der Waals surface area contributed by atoms with Gasteiger partial charge in [-0.1, -0.05) is 0 Å². The summed E-state index contributed by atoms with van der Waals surface area (Å²) in [5.41, 5.74) is 0. The first-order valence-electron chi connectivity index (χ1n) is 4.36. The second kappa shape index (κ2) is 3.43. The summed E-state index contributed by atoms with van der Waals surface area (Å²) in [4.78, 5) is 0. The Kier molecular flexibility index (Phi) is 2.28. The van der Waals surface area contributed by atoms with Gasteiger partial charge in [0.05, 0.1) is 12.1 Å². The van der Waals surface area contributed by atoms with Gasteiger partial charge in [0.15, 0.2) is 0 Å². The number of aromatic nitrogens is 2. The summed E-state index contributed by atoms with van der Waals surface area (Å²) in [5.74, 6) is 1.27. The van der Waals surface area contributed by atoms with Gasteiger partial charge < -0.3 is 14.5 Å². The van der Waals surface area contributed by atoms with E-state index in [0.29, 0.717) is 11.8 Å². The van der Waals surface area contributed by atoms with Gasteiger partial charge in [0.2, 0.25) is 11.8 Å². The van der Waals surface area contributed by atoms with E-state index in [1.807, 2.05) is 0 Å². The molecule has 5 heteroatoms. The Labute approximate surface area is 76.5 Å². The van der Waals surface area contributed by atoms with Crippen LogP contribution >= 0.6 is 0 Å². The summed E-state index contributed by atoms with van der Waals surface area (Å²) in [6, 6.07) is 0.158. The predicted molar refractivity (Wildman–Crippen MR) is 45.2 cm³/mol. The zero-order valence-electron chi connectivity index (χ0n) is 7.78. The number of methoxy groups -OCH3 is 1. The molecule has 1 fully saturated rings. The van der Waals surface area contributed by atoms with Crippen LogP contribution in [0.2, 0.25) is 0 Å². The van der Waals surface area contributed by atoms with E-state index in [1.54, 1.807) is 14.0 Å². The third-order valence-corrected chi connectivity index (χ3v) is 2.26. The summed E-state index contributed by atoms with van der Waals surface area (Å²) in [7, 11) is 1.72. The molecule has 1 N–H and O–H groups in total. The van der Waals surface area contributed by atoms with Crippen molar-refractivity contribution in [2.24, 2.45) is 0 Å². The topological polar surface area (TPSA) is 60.2 Å². The van der Waals surface area contributed by atoms with Crippen LogP contribution in [0.25, 0.3) is 0 Å². The summed E-state index contributed by atoms with van der Waals surface area (Å²) in [6.45, 7) is 2.64. The van der Waals surface area contributed by atoms with Crippen molar-refractivity contribution >= 4 is 0 Å². The van der Waals surface area contributed by atoms with Gasteiger partial charge >= 0.3 is 0 Å². The number of ether oxygens (including phenoxy) is 1. The van der Waals surface area contributed by atoms with Gasteiger partial charge in [-0.3, -0.25) is 0 Å². The van der Waals surface area contributed by atoms with Crippen molar-refractivity contribution in [3.8, 4) is 0 Å². The van der Waals surface area contributed by atoms with E-state index in [-0.39, 0.29) is 12.1 Å². The number of rotatable bonds is 2. The van der Waals surface area contributed by atoms with Crippen molar-refractivity contribution in [1.82, 2.24) is 15.5 Å². The number of nitrogens with zero attached hydrogens (tertiary/aromatic N) is 2. The van der Waals surface area contributed by atoms with Gasteiger partial charge in [-0.15, -0.1) is 10.2 Å². The predicted octanol–water partition coefficient (Wildman–Crippen LogP) is 0.427. The quantitative estimate of drug-likeness (QED) is 0.720. The highest BCUT2D eigenvalue weighted by Crippen LogP contribution is 2.23. The van der Waals surface area contributed by atoms with E-state index in [9.17, 15) is 0 Å². The van der Waals surface area contributed by atoms with Crippen molar-refractivity contribution in [2.75, 3.05) is 13.7 Å². The highest BCUT2D eigenvalue weighted by molar-refractivity contribution is 4.95. The smallest absolute Gasteiger partial charge is 0.233 e. The van der Waals surface area contributed by atoms with Crippen LogP contribution in [0.4, 0.5) is 0 Å². The maximum atomic E-state index is 5.32. The van der Waals surface area contributed by atoms with Crippen molar-refractivity contribution in [1.29, 1.82) is 0 Å². The average Bonchev–Trinajstić information content (AvgIpc) is 2.71. The third kappa shape index (κ3) is 1.71. The molecule has 0 aromatic carbocycles. The Hall–Kier alpha value is -0.940. The fourth-order valence-electron chi connectivity index (χ4n) is 1.52. The summed E-state index contributed by atoms with van der Waals surface area (Å²) >= 11 is 0. The van der Waals surface area contributed by atoms with Gasteiger partial charge in [0, 0.05) is 20.6 Å². The number of nitrogens with one attached hydrogen (secondary N) is 1. The molecule has 13 heavy (non-hydrogen) atoms. The Bertz CT molecular complexity index is 287. The van der Waals surface area contributed by atoms with E-state index in [0.717, 1.165) is 13.0 Å². The number of hydrogen-bond donors (Lipinski definition) is 1. The minimum Gasteiger partial charge on any atom is -0.424 e. The van der Waals surface area contributed by atoms with Crippen molar-refractivity contribution < 1.29 is 9.15 Å². The van der Waals surface area contributed by atoms with E-state index < -0.39 is 0 Å². The fourth-order valence-corrected chi connectivity index (χ4v) is 1.52.